The molecule has 2 aromatic rings. The van der Waals surface area contributed by atoms with Crippen LogP contribution in [-0.2, 0) is 13.0 Å². The Balaban J connectivity index is 0.00000261. The van der Waals surface area contributed by atoms with Gasteiger partial charge in [-0.2, -0.15) is 4.37 Å². The second-order valence-corrected chi connectivity index (χ2v) is 7.38. The summed E-state index contributed by atoms with van der Waals surface area (Å²) in [5.41, 5.74) is 3.94. The van der Waals surface area contributed by atoms with E-state index in [4.69, 9.17) is 0 Å². The molecular formula is C19H29IN6S. The average molecular weight is 500 g/mol. The SMILES string of the molecule is CCc1nsc(N2CCN(C(=NC)NCc3ccc(C)cc3C)CC2)n1.I. The van der Waals surface area contributed by atoms with Gasteiger partial charge in [-0.25, -0.2) is 4.98 Å². The lowest BCUT2D eigenvalue weighted by Crippen LogP contribution is -2.52. The van der Waals surface area contributed by atoms with Crippen LogP contribution >= 0.6 is 35.5 Å². The van der Waals surface area contributed by atoms with Crippen molar-refractivity contribution in [3.63, 3.8) is 0 Å². The van der Waals surface area contributed by atoms with Crippen LogP contribution in [0.2, 0.25) is 0 Å². The molecule has 2 heterocycles. The maximum Gasteiger partial charge on any atom is 0.205 e. The van der Waals surface area contributed by atoms with Crippen molar-refractivity contribution >= 4 is 46.6 Å². The molecule has 0 bridgehead atoms. The van der Waals surface area contributed by atoms with Crippen molar-refractivity contribution in [2.75, 3.05) is 38.1 Å². The predicted octanol–water partition coefficient (Wildman–Crippen LogP) is 3.23. The van der Waals surface area contributed by atoms with Gasteiger partial charge in [-0.1, -0.05) is 30.7 Å². The van der Waals surface area contributed by atoms with Crippen LogP contribution in [0.15, 0.2) is 23.2 Å². The molecule has 0 atom stereocenters. The summed E-state index contributed by atoms with van der Waals surface area (Å²) in [6.07, 6.45) is 0.894. The number of aromatic nitrogens is 2. The first-order valence-electron chi connectivity index (χ1n) is 9.20. The van der Waals surface area contributed by atoms with Gasteiger partial charge >= 0.3 is 0 Å². The van der Waals surface area contributed by atoms with Gasteiger partial charge in [-0.05, 0) is 25.0 Å². The first kappa shape index (κ1) is 21.9. The Bertz CT molecular complexity index is 767. The average Bonchev–Trinajstić information content (AvgIpc) is 3.13. The first-order valence-corrected chi connectivity index (χ1v) is 9.97. The van der Waals surface area contributed by atoms with Crippen LogP contribution in [0.3, 0.4) is 0 Å². The van der Waals surface area contributed by atoms with Crippen molar-refractivity contribution in [3.05, 3.63) is 40.7 Å². The summed E-state index contributed by atoms with van der Waals surface area (Å²) in [7, 11) is 1.86. The predicted molar refractivity (Wildman–Crippen MR) is 125 cm³/mol. The molecule has 1 aliphatic heterocycles. The molecule has 0 saturated carbocycles. The van der Waals surface area contributed by atoms with Gasteiger partial charge in [0.25, 0.3) is 0 Å². The third-order valence-electron chi connectivity index (χ3n) is 4.77. The Kier molecular flexibility index (Phi) is 8.28. The standard InChI is InChI=1S/C19H28N6S.HI/c1-5-17-22-19(26-23-17)25-10-8-24(9-11-25)18(20-4)21-13-16-7-6-14(2)12-15(16)3;/h6-7,12H,5,8-11,13H2,1-4H3,(H,20,21);1H. The van der Waals surface area contributed by atoms with Crippen molar-refractivity contribution in [2.24, 2.45) is 4.99 Å². The highest BCUT2D eigenvalue weighted by atomic mass is 127. The van der Waals surface area contributed by atoms with E-state index < -0.39 is 0 Å². The molecule has 8 heteroatoms. The van der Waals surface area contributed by atoms with E-state index in [1.807, 2.05) is 7.05 Å². The summed E-state index contributed by atoms with van der Waals surface area (Å²) < 4.78 is 4.40. The van der Waals surface area contributed by atoms with Gasteiger partial charge in [0.2, 0.25) is 5.13 Å². The van der Waals surface area contributed by atoms with E-state index in [1.165, 1.54) is 28.2 Å². The zero-order valence-electron chi connectivity index (χ0n) is 16.5. The lowest BCUT2D eigenvalue weighted by molar-refractivity contribution is 0.372. The molecule has 1 aliphatic rings. The molecular weight excluding hydrogens is 471 g/mol. The highest BCUT2D eigenvalue weighted by Crippen LogP contribution is 2.19. The maximum absolute atomic E-state index is 4.60. The van der Waals surface area contributed by atoms with Gasteiger partial charge in [-0.3, -0.25) is 4.99 Å². The third-order valence-corrected chi connectivity index (χ3v) is 5.58. The van der Waals surface area contributed by atoms with Crippen LogP contribution in [0.25, 0.3) is 0 Å². The van der Waals surface area contributed by atoms with Gasteiger partial charge in [0, 0.05) is 57.7 Å². The number of guanidine groups is 1. The van der Waals surface area contributed by atoms with E-state index in [1.54, 1.807) is 0 Å². The number of benzene rings is 1. The molecule has 27 heavy (non-hydrogen) atoms. The van der Waals surface area contributed by atoms with Crippen LogP contribution in [0.4, 0.5) is 5.13 Å². The molecule has 148 valence electrons. The Morgan fingerprint density at radius 3 is 2.56 bits per heavy atom. The summed E-state index contributed by atoms with van der Waals surface area (Å²) in [6, 6.07) is 6.59. The number of rotatable bonds is 4. The molecule has 0 aliphatic carbocycles. The fourth-order valence-corrected chi connectivity index (χ4v) is 3.98. The Labute approximate surface area is 183 Å². The molecule has 1 aromatic carbocycles. The van der Waals surface area contributed by atoms with Crippen LogP contribution in [0.1, 0.15) is 29.4 Å². The summed E-state index contributed by atoms with van der Waals surface area (Å²) in [4.78, 5) is 13.7. The summed E-state index contributed by atoms with van der Waals surface area (Å²) in [5, 5.41) is 4.56. The number of nitrogens with one attached hydrogen (secondary N) is 1. The van der Waals surface area contributed by atoms with E-state index in [-0.39, 0.29) is 24.0 Å². The van der Waals surface area contributed by atoms with Crippen LogP contribution in [0.5, 0.6) is 0 Å². The van der Waals surface area contributed by atoms with Gasteiger partial charge in [0.1, 0.15) is 5.82 Å². The molecule has 0 radical (unpaired) electrons. The van der Waals surface area contributed by atoms with Crippen LogP contribution in [0, 0.1) is 13.8 Å². The zero-order valence-corrected chi connectivity index (χ0v) is 19.7. The second-order valence-electron chi connectivity index (χ2n) is 6.65. The highest BCUT2D eigenvalue weighted by molar-refractivity contribution is 14.0. The minimum absolute atomic E-state index is 0. The van der Waals surface area contributed by atoms with Crippen molar-refractivity contribution in [3.8, 4) is 0 Å². The minimum atomic E-state index is 0. The lowest BCUT2D eigenvalue weighted by atomic mass is 10.1. The fraction of sp³-hybridized carbons (Fsp3) is 0.526. The van der Waals surface area contributed by atoms with Crippen molar-refractivity contribution in [1.82, 2.24) is 19.6 Å². The number of hydrogen-bond acceptors (Lipinski definition) is 5. The van der Waals surface area contributed by atoms with E-state index in [0.29, 0.717) is 0 Å². The van der Waals surface area contributed by atoms with Gasteiger partial charge in [0.15, 0.2) is 5.96 Å². The second kappa shape index (κ2) is 10.2. The Morgan fingerprint density at radius 2 is 1.96 bits per heavy atom. The zero-order chi connectivity index (χ0) is 18.5. The van der Waals surface area contributed by atoms with Gasteiger partial charge in [-0.15, -0.1) is 24.0 Å². The number of aryl methyl sites for hydroxylation is 3. The van der Waals surface area contributed by atoms with Crippen molar-refractivity contribution in [1.29, 1.82) is 0 Å². The summed E-state index contributed by atoms with van der Waals surface area (Å²) >= 11 is 1.51. The molecule has 1 aromatic heterocycles. The van der Waals surface area contributed by atoms with E-state index >= 15 is 0 Å². The van der Waals surface area contributed by atoms with Crippen LogP contribution < -0.4 is 10.2 Å². The third kappa shape index (κ3) is 5.54. The van der Waals surface area contributed by atoms with Gasteiger partial charge < -0.3 is 15.1 Å². The molecule has 0 unspecified atom stereocenters. The summed E-state index contributed by atoms with van der Waals surface area (Å²) in [5.74, 6) is 1.91. The molecule has 0 amide bonds. The number of nitrogens with zero attached hydrogens (tertiary/aromatic N) is 5. The summed E-state index contributed by atoms with van der Waals surface area (Å²) in [6.45, 7) is 11.0. The number of hydrogen-bond donors (Lipinski definition) is 1. The fourth-order valence-electron chi connectivity index (χ4n) is 3.18. The van der Waals surface area contributed by atoms with Crippen molar-refractivity contribution < 1.29 is 0 Å². The minimum Gasteiger partial charge on any atom is -0.352 e. The molecule has 1 fully saturated rings. The number of piperazine rings is 1. The number of anilines is 1. The molecule has 1 N–H and O–H groups in total. The topological polar surface area (TPSA) is 56.7 Å². The number of aliphatic imine (C=N–C) groups is 1. The van der Waals surface area contributed by atoms with E-state index in [2.05, 4.69) is 68.4 Å². The lowest BCUT2D eigenvalue weighted by Gasteiger charge is -2.36. The van der Waals surface area contributed by atoms with E-state index in [9.17, 15) is 0 Å². The van der Waals surface area contributed by atoms with Gasteiger partial charge in [0.05, 0.1) is 0 Å². The molecule has 6 nitrogen and oxygen atoms in total. The smallest absolute Gasteiger partial charge is 0.205 e. The Hall–Kier alpha value is -1.42. The molecule has 1 saturated heterocycles. The normalized spacial score (nSPS) is 14.9. The quantitative estimate of drug-likeness (QED) is 0.397. The maximum atomic E-state index is 4.60. The van der Waals surface area contributed by atoms with E-state index in [0.717, 1.165) is 56.1 Å². The number of halogens is 1. The largest absolute Gasteiger partial charge is 0.352 e. The molecule has 0 spiro atoms. The van der Waals surface area contributed by atoms with Crippen LogP contribution in [-0.4, -0.2) is 53.4 Å². The highest BCUT2D eigenvalue weighted by Gasteiger charge is 2.22. The first-order chi connectivity index (χ1) is 12.6. The monoisotopic (exact) mass is 500 g/mol. The molecule has 3 rings (SSSR count). The Morgan fingerprint density at radius 1 is 1.22 bits per heavy atom. The van der Waals surface area contributed by atoms with Crippen molar-refractivity contribution in [2.45, 2.75) is 33.7 Å².